The summed E-state index contributed by atoms with van der Waals surface area (Å²) < 4.78 is 5.13. The van der Waals surface area contributed by atoms with E-state index in [2.05, 4.69) is 10.3 Å². The van der Waals surface area contributed by atoms with Crippen molar-refractivity contribution in [3.8, 4) is 0 Å². The van der Waals surface area contributed by atoms with E-state index in [-0.39, 0.29) is 18.0 Å². The fourth-order valence-corrected chi connectivity index (χ4v) is 2.14. The lowest BCUT2D eigenvalue weighted by Crippen LogP contribution is -2.11. The number of nitrogens with zero attached hydrogens (tertiary/aromatic N) is 1. The van der Waals surface area contributed by atoms with E-state index >= 15 is 0 Å². The van der Waals surface area contributed by atoms with Gasteiger partial charge in [-0.1, -0.05) is 30.3 Å². The van der Waals surface area contributed by atoms with Gasteiger partial charge < -0.3 is 15.8 Å². The van der Waals surface area contributed by atoms with Crippen LogP contribution in [0.25, 0.3) is 0 Å². The average molecular weight is 281 g/mol. The van der Waals surface area contributed by atoms with Crippen molar-refractivity contribution >= 4 is 17.6 Å². The number of hydrogen-bond acceptors (Lipinski definition) is 4. The van der Waals surface area contributed by atoms with Gasteiger partial charge in [-0.3, -0.25) is 4.79 Å². The molecule has 5 heteroatoms. The monoisotopic (exact) mass is 281 g/mol. The Bertz CT molecular complexity index is 666. The maximum atomic E-state index is 12.0. The Morgan fingerprint density at radius 3 is 2.48 bits per heavy atom. The summed E-state index contributed by atoms with van der Waals surface area (Å²) >= 11 is 0. The van der Waals surface area contributed by atoms with Gasteiger partial charge >= 0.3 is 0 Å². The Morgan fingerprint density at radius 2 is 1.86 bits per heavy atom. The van der Waals surface area contributed by atoms with Crippen molar-refractivity contribution in [3.63, 3.8) is 0 Å². The van der Waals surface area contributed by atoms with Gasteiger partial charge in [-0.25, -0.2) is 4.99 Å². The van der Waals surface area contributed by atoms with Crippen LogP contribution in [0.1, 0.15) is 22.0 Å². The molecule has 0 aromatic heterocycles. The molecule has 2 aromatic rings. The van der Waals surface area contributed by atoms with Crippen LogP contribution in [0.5, 0.6) is 0 Å². The molecule has 0 spiro atoms. The summed E-state index contributed by atoms with van der Waals surface area (Å²) in [5.74, 6) is -0.130. The normalized spacial score (nSPS) is 17.0. The van der Waals surface area contributed by atoms with E-state index in [9.17, 15) is 4.79 Å². The van der Waals surface area contributed by atoms with E-state index in [1.165, 1.54) is 0 Å². The summed E-state index contributed by atoms with van der Waals surface area (Å²) in [5, 5.41) is 2.85. The Kier molecular flexibility index (Phi) is 3.55. The fraction of sp³-hybridized carbons (Fsp3) is 0.125. The van der Waals surface area contributed by atoms with E-state index in [0.29, 0.717) is 12.2 Å². The molecular weight excluding hydrogens is 266 g/mol. The molecule has 1 amide bonds. The number of anilines is 1. The maximum Gasteiger partial charge on any atom is 0.282 e. The molecule has 1 atom stereocenters. The summed E-state index contributed by atoms with van der Waals surface area (Å²) in [7, 11) is 0. The van der Waals surface area contributed by atoms with Crippen molar-refractivity contribution < 1.29 is 9.53 Å². The number of ether oxygens (including phenoxy) is 1. The van der Waals surface area contributed by atoms with Crippen molar-refractivity contribution in [2.75, 3.05) is 11.9 Å². The first-order valence-corrected chi connectivity index (χ1v) is 6.65. The van der Waals surface area contributed by atoms with Gasteiger partial charge in [0.05, 0.1) is 0 Å². The van der Waals surface area contributed by atoms with Gasteiger partial charge in [-0.2, -0.15) is 0 Å². The zero-order valence-corrected chi connectivity index (χ0v) is 11.3. The van der Waals surface area contributed by atoms with Crippen LogP contribution in [0.2, 0.25) is 0 Å². The van der Waals surface area contributed by atoms with Crippen LogP contribution in [0, 0.1) is 0 Å². The number of carbonyl (C=O) groups is 1. The quantitative estimate of drug-likeness (QED) is 0.906. The molecule has 3 N–H and O–H groups in total. The van der Waals surface area contributed by atoms with E-state index in [1.54, 1.807) is 12.1 Å². The molecule has 0 fully saturated rings. The molecule has 0 saturated heterocycles. The van der Waals surface area contributed by atoms with Crippen LogP contribution >= 0.6 is 0 Å². The summed E-state index contributed by atoms with van der Waals surface area (Å²) in [6, 6.07) is 16.8. The fourth-order valence-electron chi connectivity index (χ4n) is 2.14. The zero-order chi connectivity index (χ0) is 14.7. The minimum absolute atomic E-state index is 0.0659. The standard InChI is InChI=1S/C16H15N3O2/c17-16-19-14(10-21-16)11-6-8-13(9-7-11)18-15(20)12-4-2-1-3-5-12/h1-9,14H,10H2,(H2,17,19)(H,18,20)/t14-/m1/s1. The number of aliphatic imine (C=N–C) groups is 1. The van der Waals surface area contributed by atoms with Crippen LogP contribution in [0.15, 0.2) is 59.6 Å². The van der Waals surface area contributed by atoms with Gasteiger partial charge in [-0.15, -0.1) is 0 Å². The first-order chi connectivity index (χ1) is 10.2. The second-order valence-corrected chi connectivity index (χ2v) is 4.74. The summed E-state index contributed by atoms with van der Waals surface area (Å²) in [6.07, 6.45) is 0. The molecule has 0 bridgehead atoms. The number of nitrogens with one attached hydrogen (secondary N) is 1. The lowest BCUT2D eigenvalue weighted by molar-refractivity contribution is 0.102. The van der Waals surface area contributed by atoms with Crippen LogP contribution < -0.4 is 11.1 Å². The van der Waals surface area contributed by atoms with Crippen LogP contribution in [0.4, 0.5) is 5.69 Å². The van der Waals surface area contributed by atoms with Gasteiger partial charge in [0.25, 0.3) is 11.9 Å². The topological polar surface area (TPSA) is 76.7 Å². The molecule has 106 valence electrons. The minimum Gasteiger partial charge on any atom is -0.463 e. The van der Waals surface area contributed by atoms with Crippen LogP contribution in [-0.4, -0.2) is 18.5 Å². The lowest BCUT2D eigenvalue weighted by atomic mass is 10.1. The van der Waals surface area contributed by atoms with Gasteiger partial charge in [-0.05, 0) is 29.8 Å². The first kappa shape index (κ1) is 13.2. The van der Waals surface area contributed by atoms with Crippen molar-refractivity contribution in [1.82, 2.24) is 0 Å². The number of hydrogen-bond donors (Lipinski definition) is 2. The number of amidine groups is 1. The second-order valence-electron chi connectivity index (χ2n) is 4.74. The number of benzene rings is 2. The van der Waals surface area contributed by atoms with Gasteiger partial charge in [0, 0.05) is 11.3 Å². The molecule has 1 heterocycles. The van der Waals surface area contributed by atoms with Crippen molar-refractivity contribution in [2.45, 2.75) is 6.04 Å². The third-order valence-corrected chi connectivity index (χ3v) is 3.26. The summed E-state index contributed by atoms with van der Waals surface area (Å²) in [4.78, 5) is 16.2. The van der Waals surface area contributed by atoms with E-state index in [1.807, 2.05) is 42.5 Å². The molecule has 0 radical (unpaired) electrons. The third-order valence-electron chi connectivity index (χ3n) is 3.26. The molecule has 21 heavy (non-hydrogen) atoms. The van der Waals surface area contributed by atoms with E-state index in [0.717, 1.165) is 11.3 Å². The molecule has 0 unspecified atom stereocenters. The molecular formula is C16H15N3O2. The molecule has 1 aliphatic heterocycles. The smallest absolute Gasteiger partial charge is 0.282 e. The van der Waals surface area contributed by atoms with Gasteiger partial charge in [0.15, 0.2) is 0 Å². The van der Waals surface area contributed by atoms with E-state index in [4.69, 9.17) is 10.5 Å². The molecule has 2 aromatic carbocycles. The Labute approximate surface area is 122 Å². The van der Waals surface area contributed by atoms with Gasteiger partial charge in [0.2, 0.25) is 0 Å². The summed E-state index contributed by atoms with van der Waals surface area (Å²) in [5.41, 5.74) is 7.87. The predicted octanol–water partition coefficient (Wildman–Crippen LogP) is 2.32. The van der Waals surface area contributed by atoms with Crippen molar-refractivity contribution in [2.24, 2.45) is 10.7 Å². The highest BCUT2D eigenvalue weighted by Gasteiger charge is 2.18. The average Bonchev–Trinajstić information content (AvgIpc) is 2.95. The largest absolute Gasteiger partial charge is 0.463 e. The Balaban J connectivity index is 1.69. The molecule has 0 saturated carbocycles. The molecule has 3 rings (SSSR count). The number of amides is 1. The van der Waals surface area contributed by atoms with Crippen LogP contribution in [-0.2, 0) is 4.74 Å². The molecule has 0 aliphatic carbocycles. The number of nitrogens with two attached hydrogens (primary N) is 1. The lowest BCUT2D eigenvalue weighted by Gasteiger charge is -2.08. The summed E-state index contributed by atoms with van der Waals surface area (Å²) in [6.45, 7) is 0.460. The van der Waals surface area contributed by atoms with Gasteiger partial charge in [0.1, 0.15) is 12.6 Å². The van der Waals surface area contributed by atoms with Crippen molar-refractivity contribution in [3.05, 3.63) is 65.7 Å². The Morgan fingerprint density at radius 1 is 1.14 bits per heavy atom. The minimum atomic E-state index is -0.130. The third kappa shape index (κ3) is 3.02. The highest BCUT2D eigenvalue weighted by molar-refractivity contribution is 6.04. The zero-order valence-electron chi connectivity index (χ0n) is 11.3. The number of carbonyl (C=O) groups excluding carboxylic acids is 1. The molecule has 1 aliphatic rings. The maximum absolute atomic E-state index is 12.0. The Hall–Kier alpha value is -2.82. The highest BCUT2D eigenvalue weighted by atomic mass is 16.5. The SMILES string of the molecule is NC1=N[C@@H](c2ccc(NC(=O)c3ccccc3)cc2)CO1. The number of rotatable bonds is 3. The first-order valence-electron chi connectivity index (χ1n) is 6.65. The molecule has 5 nitrogen and oxygen atoms in total. The van der Waals surface area contributed by atoms with Crippen molar-refractivity contribution in [1.29, 1.82) is 0 Å². The predicted molar refractivity (Wildman–Crippen MR) is 81.2 cm³/mol. The van der Waals surface area contributed by atoms with Crippen LogP contribution in [0.3, 0.4) is 0 Å². The highest BCUT2D eigenvalue weighted by Crippen LogP contribution is 2.23. The second kappa shape index (κ2) is 5.66. The van der Waals surface area contributed by atoms with E-state index < -0.39 is 0 Å².